The molecule has 0 amide bonds. The van der Waals surface area contributed by atoms with E-state index >= 15 is 0 Å². The lowest BCUT2D eigenvalue weighted by molar-refractivity contribution is 0.0601. The number of benzene rings is 3. The Morgan fingerprint density at radius 1 is 0.781 bits per heavy atom. The van der Waals surface area contributed by atoms with Crippen molar-refractivity contribution in [3.05, 3.63) is 80.8 Å². The second kappa shape index (κ2) is 9.03. The SMILES string of the molecule is COC(=O)c1cc(Cl)ccc1-c1cc(Br)cc(-c2cc(C(C)(C)C)cc(C(C)(C)C)c2)c1. The van der Waals surface area contributed by atoms with E-state index in [0.717, 1.165) is 26.7 Å². The first kappa shape index (κ1) is 24.5. The highest BCUT2D eigenvalue weighted by molar-refractivity contribution is 9.10. The first-order valence-corrected chi connectivity index (χ1v) is 11.8. The van der Waals surface area contributed by atoms with Crippen LogP contribution in [0.5, 0.6) is 0 Å². The first-order chi connectivity index (χ1) is 14.8. The van der Waals surface area contributed by atoms with Crippen LogP contribution < -0.4 is 0 Å². The summed E-state index contributed by atoms with van der Waals surface area (Å²) in [4.78, 5) is 12.4. The zero-order chi connectivity index (χ0) is 23.8. The average Bonchev–Trinajstić information content (AvgIpc) is 2.71. The number of hydrogen-bond donors (Lipinski definition) is 0. The Balaban J connectivity index is 2.25. The minimum absolute atomic E-state index is 0.0269. The van der Waals surface area contributed by atoms with Gasteiger partial charge < -0.3 is 4.74 Å². The van der Waals surface area contributed by atoms with Gasteiger partial charge in [0.05, 0.1) is 12.7 Å². The number of ether oxygens (including phenoxy) is 1. The van der Waals surface area contributed by atoms with Crippen molar-refractivity contribution in [2.45, 2.75) is 52.4 Å². The van der Waals surface area contributed by atoms with Crippen molar-refractivity contribution in [2.75, 3.05) is 7.11 Å². The molecule has 32 heavy (non-hydrogen) atoms. The minimum Gasteiger partial charge on any atom is -0.465 e. The van der Waals surface area contributed by atoms with E-state index in [-0.39, 0.29) is 10.8 Å². The lowest BCUT2D eigenvalue weighted by Gasteiger charge is -2.26. The molecule has 0 radical (unpaired) electrons. The Labute approximate surface area is 205 Å². The van der Waals surface area contributed by atoms with Crippen molar-refractivity contribution >= 4 is 33.5 Å². The summed E-state index contributed by atoms with van der Waals surface area (Å²) in [5.41, 5.74) is 7.03. The Bertz CT molecular complexity index is 1130. The number of esters is 1. The van der Waals surface area contributed by atoms with Crippen LogP contribution in [0.15, 0.2) is 59.1 Å². The summed E-state index contributed by atoms with van der Waals surface area (Å²) in [7, 11) is 1.38. The molecule has 0 N–H and O–H groups in total. The molecule has 0 aliphatic carbocycles. The van der Waals surface area contributed by atoms with Gasteiger partial charge >= 0.3 is 5.97 Å². The quantitative estimate of drug-likeness (QED) is 0.327. The van der Waals surface area contributed by atoms with Crippen LogP contribution in [-0.4, -0.2) is 13.1 Å². The van der Waals surface area contributed by atoms with Gasteiger partial charge in [0.1, 0.15) is 0 Å². The van der Waals surface area contributed by atoms with Gasteiger partial charge in [-0.3, -0.25) is 0 Å². The molecular weight excluding hydrogens is 484 g/mol. The Morgan fingerprint density at radius 3 is 1.84 bits per heavy atom. The number of carbonyl (C=O) groups excluding carboxylic acids is 1. The van der Waals surface area contributed by atoms with Crippen LogP contribution in [-0.2, 0) is 15.6 Å². The van der Waals surface area contributed by atoms with Crippen LogP contribution in [0.1, 0.15) is 63.0 Å². The van der Waals surface area contributed by atoms with Gasteiger partial charge in [-0.15, -0.1) is 0 Å². The van der Waals surface area contributed by atoms with E-state index in [0.29, 0.717) is 10.6 Å². The van der Waals surface area contributed by atoms with Gasteiger partial charge in [0, 0.05) is 9.50 Å². The van der Waals surface area contributed by atoms with E-state index in [2.05, 4.69) is 87.8 Å². The maximum atomic E-state index is 12.4. The smallest absolute Gasteiger partial charge is 0.338 e. The van der Waals surface area contributed by atoms with Gasteiger partial charge in [0.25, 0.3) is 0 Å². The molecule has 3 rings (SSSR count). The number of hydrogen-bond acceptors (Lipinski definition) is 2. The first-order valence-electron chi connectivity index (χ1n) is 10.6. The van der Waals surface area contributed by atoms with Crippen molar-refractivity contribution in [1.29, 1.82) is 0 Å². The second-order valence-corrected chi connectivity index (χ2v) is 11.6. The largest absolute Gasteiger partial charge is 0.465 e. The molecule has 0 atom stereocenters. The minimum atomic E-state index is -0.409. The van der Waals surface area contributed by atoms with Gasteiger partial charge in [-0.05, 0) is 74.5 Å². The number of methoxy groups -OCH3 is 1. The molecule has 0 aliphatic rings. The average molecular weight is 514 g/mol. The Morgan fingerprint density at radius 2 is 1.31 bits per heavy atom. The highest BCUT2D eigenvalue weighted by atomic mass is 79.9. The third-order valence-electron chi connectivity index (χ3n) is 5.59. The van der Waals surface area contributed by atoms with E-state index < -0.39 is 5.97 Å². The van der Waals surface area contributed by atoms with Crippen molar-refractivity contribution in [3.8, 4) is 22.3 Å². The van der Waals surface area contributed by atoms with Gasteiger partial charge in [-0.2, -0.15) is 0 Å². The third kappa shape index (κ3) is 5.44. The standard InChI is InChI=1S/C28H30BrClO2/c1-27(2,3)20-11-18(12-21(15-20)28(4,5)6)17-10-19(14-22(29)13-17)24-9-8-23(30)16-25(24)26(31)32-7/h8-16H,1-7H3. The summed E-state index contributed by atoms with van der Waals surface area (Å²) in [6, 6.07) is 18.4. The van der Waals surface area contributed by atoms with Crippen LogP contribution >= 0.6 is 27.5 Å². The van der Waals surface area contributed by atoms with Crippen molar-refractivity contribution in [3.63, 3.8) is 0 Å². The number of halogens is 2. The van der Waals surface area contributed by atoms with Gasteiger partial charge in [-0.25, -0.2) is 4.79 Å². The molecule has 0 aliphatic heterocycles. The molecule has 0 saturated heterocycles. The topological polar surface area (TPSA) is 26.3 Å². The third-order valence-corrected chi connectivity index (χ3v) is 6.29. The van der Waals surface area contributed by atoms with Crippen LogP contribution in [0.2, 0.25) is 5.02 Å². The van der Waals surface area contributed by atoms with Gasteiger partial charge in [0.2, 0.25) is 0 Å². The Hall–Kier alpha value is -2.10. The maximum Gasteiger partial charge on any atom is 0.338 e. The zero-order valence-electron chi connectivity index (χ0n) is 19.8. The molecule has 3 aromatic rings. The van der Waals surface area contributed by atoms with Crippen LogP contribution in [0, 0.1) is 0 Å². The Kier molecular flexibility index (Phi) is 6.93. The molecule has 0 saturated carbocycles. The normalized spacial score (nSPS) is 12.0. The molecule has 0 bridgehead atoms. The fourth-order valence-corrected chi connectivity index (χ4v) is 4.28. The van der Waals surface area contributed by atoms with Crippen molar-refractivity contribution in [1.82, 2.24) is 0 Å². The predicted octanol–water partition coefficient (Wildman–Crippen LogP) is 8.82. The van der Waals surface area contributed by atoms with E-state index in [1.165, 1.54) is 18.2 Å². The molecule has 2 nitrogen and oxygen atoms in total. The summed E-state index contributed by atoms with van der Waals surface area (Å²) in [5.74, 6) is -0.409. The molecule has 0 unspecified atom stereocenters. The summed E-state index contributed by atoms with van der Waals surface area (Å²) in [6.07, 6.45) is 0. The number of carbonyl (C=O) groups is 1. The molecule has 0 heterocycles. The van der Waals surface area contributed by atoms with Crippen molar-refractivity contribution < 1.29 is 9.53 Å². The second-order valence-electron chi connectivity index (χ2n) is 10.2. The van der Waals surface area contributed by atoms with E-state index in [4.69, 9.17) is 16.3 Å². The maximum absolute atomic E-state index is 12.4. The fraction of sp³-hybridized carbons (Fsp3) is 0.321. The van der Waals surface area contributed by atoms with Crippen LogP contribution in [0.3, 0.4) is 0 Å². The monoisotopic (exact) mass is 512 g/mol. The summed E-state index contributed by atoms with van der Waals surface area (Å²) >= 11 is 9.84. The molecule has 0 aromatic heterocycles. The predicted molar refractivity (Wildman–Crippen MR) is 139 cm³/mol. The lowest BCUT2D eigenvalue weighted by atomic mass is 9.79. The lowest BCUT2D eigenvalue weighted by Crippen LogP contribution is -2.16. The molecule has 0 spiro atoms. The summed E-state index contributed by atoms with van der Waals surface area (Å²) in [6.45, 7) is 13.4. The van der Waals surface area contributed by atoms with Gasteiger partial charge in [-0.1, -0.05) is 93.3 Å². The summed E-state index contributed by atoms with van der Waals surface area (Å²) in [5, 5.41) is 0.497. The molecular formula is C28H30BrClO2. The highest BCUT2D eigenvalue weighted by Gasteiger charge is 2.22. The van der Waals surface area contributed by atoms with Crippen LogP contribution in [0.4, 0.5) is 0 Å². The highest BCUT2D eigenvalue weighted by Crippen LogP contribution is 2.37. The van der Waals surface area contributed by atoms with Crippen LogP contribution in [0.25, 0.3) is 22.3 Å². The number of rotatable bonds is 3. The van der Waals surface area contributed by atoms with E-state index in [9.17, 15) is 4.79 Å². The van der Waals surface area contributed by atoms with Crippen molar-refractivity contribution in [2.24, 2.45) is 0 Å². The fourth-order valence-electron chi connectivity index (χ4n) is 3.62. The molecule has 4 heteroatoms. The zero-order valence-corrected chi connectivity index (χ0v) is 22.1. The summed E-state index contributed by atoms with van der Waals surface area (Å²) < 4.78 is 5.93. The molecule has 168 valence electrons. The molecule has 0 fully saturated rings. The molecule has 3 aromatic carbocycles. The van der Waals surface area contributed by atoms with E-state index in [1.54, 1.807) is 12.1 Å². The van der Waals surface area contributed by atoms with E-state index in [1.807, 2.05) is 12.1 Å². The van der Waals surface area contributed by atoms with Gasteiger partial charge in [0.15, 0.2) is 0 Å².